The lowest BCUT2D eigenvalue weighted by Gasteiger charge is -2.34. The second-order valence-corrected chi connectivity index (χ2v) is 8.64. The zero-order valence-corrected chi connectivity index (χ0v) is 18.9. The molecule has 2 fully saturated rings. The number of benzene rings is 1. The predicted octanol–water partition coefficient (Wildman–Crippen LogP) is 3.21. The molecule has 2 aliphatic rings. The van der Waals surface area contributed by atoms with Crippen molar-refractivity contribution in [1.29, 1.82) is 0 Å². The number of hydrogen-bond donors (Lipinski definition) is 1. The summed E-state index contributed by atoms with van der Waals surface area (Å²) in [6.07, 6.45) is 5.19. The number of carbonyl (C=O) groups excluding carboxylic acids is 2. The van der Waals surface area contributed by atoms with Crippen molar-refractivity contribution in [2.75, 3.05) is 26.2 Å². The van der Waals surface area contributed by atoms with Crippen molar-refractivity contribution in [1.82, 2.24) is 20.3 Å². The number of ether oxygens (including phenoxy) is 1. The Hall–Kier alpha value is -3.03. The van der Waals surface area contributed by atoms with Gasteiger partial charge in [0, 0.05) is 43.9 Å². The Morgan fingerprint density at radius 3 is 2.47 bits per heavy atom. The first-order chi connectivity index (χ1) is 15.5. The van der Waals surface area contributed by atoms with Crippen LogP contribution in [0.15, 0.2) is 28.8 Å². The van der Waals surface area contributed by atoms with Gasteiger partial charge < -0.3 is 24.4 Å². The average molecular weight is 441 g/mol. The topological polar surface area (TPSA) is 87.9 Å². The molecule has 2 aromatic rings. The quantitative estimate of drug-likeness (QED) is 0.745. The predicted molar refractivity (Wildman–Crippen MR) is 119 cm³/mol. The molecular formula is C24H32N4O4. The highest BCUT2D eigenvalue weighted by molar-refractivity contribution is 5.80. The molecule has 2 heterocycles. The Balaban J connectivity index is 1.25. The lowest BCUT2D eigenvalue weighted by Crippen LogP contribution is -2.53. The maximum Gasteiger partial charge on any atom is 0.317 e. The fourth-order valence-corrected chi connectivity index (χ4v) is 4.41. The second-order valence-electron chi connectivity index (χ2n) is 8.64. The third-order valence-corrected chi connectivity index (χ3v) is 6.43. The van der Waals surface area contributed by atoms with Gasteiger partial charge >= 0.3 is 6.03 Å². The van der Waals surface area contributed by atoms with Gasteiger partial charge in [-0.3, -0.25) is 4.79 Å². The number of carbonyl (C=O) groups is 2. The van der Waals surface area contributed by atoms with Crippen LogP contribution in [0, 0.1) is 13.8 Å². The molecule has 1 aliphatic heterocycles. The summed E-state index contributed by atoms with van der Waals surface area (Å²) in [5.41, 5.74) is 2.60. The summed E-state index contributed by atoms with van der Waals surface area (Å²) in [4.78, 5) is 28.9. The van der Waals surface area contributed by atoms with Gasteiger partial charge in [-0.25, -0.2) is 4.79 Å². The van der Waals surface area contributed by atoms with Crippen LogP contribution >= 0.6 is 0 Å². The van der Waals surface area contributed by atoms with Gasteiger partial charge in [0.05, 0.1) is 18.2 Å². The van der Waals surface area contributed by atoms with Crippen molar-refractivity contribution >= 4 is 11.9 Å². The third kappa shape index (κ3) is 5.23. The minimum absolute atomic E-state index is 0.0393. The number of rotatable bonds is 6. The second kappa shape index (κ2) is 10.1. The summed E-state index contributed by atoms with van der Waals surface area (Å²) in [5, 5.41) is 6.93. The number of urea groups is 1. The van der Waals surface area contributed by atoms with Crippen LogP contribution in [-0.4, -0.2) is 59.2 Å². The van der Waals surface area contributed by atoms with Gasteiger partial charge in [0.2, 0.25) is 5.91 Å². The van der Waals surface area contributed by atoms with E-state index in [0.717, 1.165) is 35.4 Å². The van der Waals surface area contributed by atoms with Crippen molar-refractivity contribution in [2.45, 2.75) is 58.6 Å². The van der Waals surface area contributed by atoms with Crippen LogP contribution in [0.2, 0.25) is 0 Å². The molecule has 1 aliphatic carbocycles. The van der Waals surface area contributed by atoms with E-state index >= 15 is 0 Å². The van der Waals surface area contributed by atoms with Crippen molar-refractivity contribution in [2.24, 2.45) is 0 Å². The molecule has 1 saturated heterocycles. The van der Waals surface area contributed by atoms with Crippen LogP contribution < -0.4 is 10.1 Å². The molecular weight excluding hydrogens is 408 g/mol. The van der Waals surface area contributed by atoms with Gasteiger partial charge in [-0.15, -0.1) is 0 Å². The molecule has 32 heavy (non-hydrogen) atoms. The number of nitrogens with zero attached hydrogens (tertiary/aromatic N) is 3. The van der Waals surface area contributed by atoms with Crippen molar-refractivity contribution < 1.29 is 18.8 Å². The van der Waals surface area contributed by atoms with E-state index < -0.39 is 0 Å². The van der Waals surface area contributed by atoms with Gasteiger partial charge in [0.25, 0.3) is 0 Å². The first-order valence-corrected chi connectivity index (χ1v) is 11.5. The molecule has 0 spiro atoms. The first-order valence-electron chi connectivity index (χ1n) is 11.5. The molecule has 1 aromatic heterocycles. The van der Waals surface area contributed by atoms with Gasteiger partial charge in [-0.05, 0) is 45.6 Å². The van der Waals surface area contributed by atoms with Crippen LogP contribution in [0.1, 0.15) is 48.3 Å². The summed E-state index contributed by atoms with van der Waals surface area (Å²) in [7, 11) is 0. The van der Waals surface area contributed by atoms with E-state index in [2.05, 4.69) is 10.5 Å². The summed E-state index contributed by atoms with van der Waals surface area (Å²) in [6, 6.07) is 7.79. The number of amides is 3. The van der Waals surface area contributed by atoms with Crippen molar-refractivity contribution in [3.8, 4) is 5.75 Å². The highest BCUT2D eigenvalue weighted by Gasteiger charge is 2.26. The molecule has 0 atom stereocenters. The molecule has 1 saturated carbocycles. The first kappa shape index (κ1) is 22.2. The maximum absolute atomic E-state index is 12.7. The van der Waals surface area contributed by atoms with E-state index in [9.17, 15) is 9.59 Å². The SMILES string of the molecule is Cc1noc(C)c1CC(=O)N1CCN(C(=O)NCc2ccccc2OC2CCCC2)CC1. The molecule has 3 amide bonds. The van der Waals surface area contributed by atoms with Crippen LogP contribution in [0.25, 0.3) is 0 Å². The monoisotopic (exact) mass is 440 g/mol. The molecule has 0 bridgehead atoms. The molecule has 1 N–H and O–H groups in total. The van der Waals surface area contributed by atoms with E-state index in [0.29, 0.717) is 38.5 Å². The van der Waals surface area contributed by atoms with Crippen LogP contribution in [0.3, 0.4) is 0 Å². The zero-order chi connectivity index (χ0) is 22.5. The molecule has 8 nitrogen and oxygen atoms in total. The molecule has 172 valence electrons. The summed E-state index contributed by atoms with van der Waals surface area (Å²) in [6.45, 7) is 6.17. The van der Waals surface area contributed by atoms with Gasteiger partial charge in [-0.2, -0.15) is 0 Å². The third-order valence-electron chi connectivity index (χ3n) is 6.43. The highest BCUT2D eigenvalue weighted by Crippen LogP contribution is 2.26. The van der Waals surface area contributed by atoms with Crippen LogP contribution in [0.5, 0.6) is 5.75 Å². The van der Waals surface area contributed by atoms with E-state index in [-0.39, 0.29) is 24.5 Å². The summed E-state index contributed by atoms with van der Waals surface area (Å²) >= 11 is 0. The number of piperazine rings is 1. The number of para-hydroxylation sites is 1. The summed E-state index contributed by atoms with van der Waals surface area (Å²) < 4.78 is 11.3. The lowest BCUT2D eigenvalue weighted by molar-refractivity contribution is -0.131. The fourth-order valence-electron chi connectivity index (χ4n) is 4.41. The normalized spacial score (nSPS) is 16.9. The van der Waals surface area contributed by atoms with Crippen molar-refractivity contribution in [3.63, 3.8) is 0 Å². The smallest absolute Gasteiger partial charge is 0.317 e. The Bertz CT molecular complexity index is 924. The highest BCUT2D eigenvalue weighted by atomic mass is 16.5. The van der Waals surface area contributed by atoms with Gasteiger partial charge in [-0.1, -0.05) is 23.4 Å². The zero-order valence-electron chi connectivity index (χ0n) is 18.9. The lowest BCUT2D eigenvalue weighted by atomic mass is 10.1. The minimum Gasteiger partial charge on any atom is -0.490 e. The number of aromatic nitrogens is 1. The van der Waals surface area contributed by atoms with E-state index in [1.54, 1.807) is 9.80 Å². The minimum atomic E-state index is -0.113. The largest absolute Gasteiger partial charge is 0.490 e. The fraction of sp³-hybridized carbons (Fsp3) is 0.542. The van der Waals surface area contributed by atoms with E-state index in [4.69, 9.17) is 9.26 Å². The van der Waals surface area contributed by atoms with Gasteiger partial charge in [0.1, 0.15) is 11.5 Å². The number of hydrogen-bond acceptors (Lipinski definition) is 5. The molecule has 8 heteroatoms. The number of nitrogens with one attached hydrogen (secondary N) is 1. The van der Waals surface area contributed by atoms with E-state index in [1.165, 1.54) is 12.8 Å². The van der Waals surface area contributed by atoms with E-state index in [1.807, 2.05) is 38.1 Å². The molecule has 1 aromatic carbocycles. The Labute approximate surface area is 188 Å². The Morgan fingerprint density at radius 1 is 1.09 bits per heavy atom. The maximum atomic E-state index is 12.7. The molecule has 0 radical (unpaired) electrons. The average Bonchev–Trinajstić information content (AvgIpc) is 3.43. The standard InChI is InChI=1S/C24H32N4O4/c1-17-21(18(2)32-26-17)15-23(29)27-11-13-28(14-12-27)24(30)25-16-19-7-3-6-10-22(19)31-20-8-4-5-9-20/h3,6-7,10,20H,4-5,8-9,11-16H2,1-2H3,(H,25,30). The number of aryl methyl sites for hydroxylation is 2. The van der Waals surface area contributed by atoms with Crippen LogP contribution in [0.4, 0.5) is 4.79 Å². The molecule has 4 rings (SSSR count). The van der Waals surface area contributed by atoms with Gasteiger partial charge in [0.15, 0.2) is 0 Å². The van der Waals surface area contributed by atoms with Crippen LogP contribution in [-0.2, 0) is 17.8 Å². The molecule has 0 unspecified atom stereocenters. The van der Waals surface area contributed by atoms with Crippen molar-refractivity contribution in [3.05, 3.63) is 46.8 Å². The Morgan fingerprint density at radius 2 is 1.78 bits per heavy atom. The summed E-state index contributed by atoms with van der Waals surface area (Å²) in [5.74, 6) is 1.58. The Kier molecular flexibility index (Phi) is 6.97.